The molecule has 0 saturated carbocycles. The van der Waals surface area contributed by atoms with Crippen LogP contribution < -0.4 is 20.3 Å². The average Bonchev–Trinajstić information content (AvgIpc) is 3.34. The fraction of sp³-hybridized carbons (Fsp3) is 0.524. The van der Waals surface area contributed by atoms with Crippen molar-refractivity contribution in [2.24, 2.45) is 4.99 Å². The van der Waals surface area contributed by atoms with Gasteiger partial charge in [0.15, 0.2) is 5.96 Å². The van der Waals surface area contributed by atoms with Gasteiger partial charge in [-0.1, -0.05) is 11.6 Å². The molecular weight excluding hydrogens is 388 g/mol. The topological polar surface area (TPSA) is 66.7 Å². The van der Waals surface area contributed by atoms with E-state index in [4.69, 9.17) is 21.3 Å². The molecule has 158 valence electrons. The number of aromatic nitrogens is 2. The van der Waals surface area contributed by atoms with E-state index in [9.17, 15) is 0 Å². The highest BCUT2D eigenvalue weighted by molar-refractivity contribution is 6.30. The van der Waals surface area contributed by atoms with Crippen molar-refractivity contribution in [2.75, 3.05) is 38.2 Å². The molecule has 0 amide bonds. The summed E-state index contributed by atoms with van der Waals surface area (Å²) >= 11 is 6.20. The van der Waals surface area contributed by atoms with Crippen LogP contribution in [0.25, 0.3) is 0 Å². The van der Waals surface area contributed by atoms with Gasteiger partial charge in [-0.3, -0.25) is 9.67 Å². The number of methoxy groups -OCH3 is 1. The van der Waals surface area contributed by atoms with Gasteiger partial charge in [-0.05, 0) is 50.5 Å². The predicted molar refractivity (Wildman–Crippen MR) is 119 cm³/mol. The summed E-state index contributed by atoms with van der Waals surface area (Å²) in [5, 5.41) is 12.0. The van der Waals surface area contributed by atoms with Crippen LogP contribution in [-0.4, -0.2) is 55.1 Å². The van der Waals surface area contributed by atoms with Gasteiger partial charge in [0.25, 0.3) is 0 Å². The van der Waals surface area contributed by atoms with Crippen LogP contribution in [0, 0.1) is 6.92 Å². The second-order valence-electron chi connectivity index (χ2n) is 7.29. The molecule has 1 fully saturated rings. The number of anilines is 1. The maximum Gasteiger partial charge on any atom is 0.191 e. The summed E-state index contributed by atoms with van der Waals surface area (Å²) in [5.74, 6) is 1.72. The molecule has 8 heteroatoms. The normalized spacial score (nSPS) is 16.9. The van der Waals surface area contributed by atoms with Crippen molar-refractivity contribution < 1.29 is 4.74 Å². The smallest absolute Gasteiger partial charge is 0.191 e. The highest BCUT2D eigenvalue weighted by atomic mass is 35.5. The zero-order valence-electron chi connectivity index (χ0n) is 17.5. The molecule has 0 radical (unpaired) electrons. The van der Waals surface area contributed by atoms with E-state index in [1.165, 1.54) is 5.56 Å². The van der Waals surface area contributed by atoms with E-state index >= 15 is 0 Å². The van der Waals surface area contributed by atoms with Crippen LogP contribution in [-0.2, 0) is 6.54 Å². The van der Waals surface area contributed by atoms with Gasteiger partial charge < -0.3 is 20.3 Å². The second kappa shape index (κ2) is 10.4. The third kappa shape index (κ3) is 6.03. The van der Waals surface area contributed by atoms with Gasteiger partial charge in [0.2, 0.25) is 0 Å². The Labute approximate surface area is 178 Å². The Morgan fingerprint density at radius 1 is 1.41 bits per heavy atom. The lowest BCUT2D eigenvalue weighted by molar-refractivity contribution is 0.415. The first kappa shape index (κ1) is 21.3. The Kier molecular flexibility index (Phi) is 7.63. The number of rotatable bonds is 8. The second-order valence-corrected chi connectivity index (χ2v) is 7.72. The predicted octanol–water partition coefficient (Wildman–Crippen LogP) is 3.08. The van der Waals surface area contributed by atoms with Crippen molar-refractivity contribution in [1.82, 2.24) is 20.4 Å². The fourth-order valence-electron chi connectivity index (χ4n) is 3.53. The number of halogens is 1. The van der Waals surface area contributed by atoms with E-state index in [0.29, 0.717) is 6.04 Å². The van der Waals surface area contributed by atoms with E-state index in [0.717, 1.165) is 68.0 Å². The maximum atomic E-state index is 6.20. The minimum absolute atomic E-state index is 0.324. The lowest BCUT2D eigenvalue weighted by Crippen LogP contribution is -2.44. The first-order valence-corrected chi connectivity index (χ1v) is 10.6. The molecule has 0 bridgehead atoms. The van der Waals surface area contributed by atoms with E-state index in [1.54, 1.807) is 7.11 Å². The van der Waals surface area contributed by atoms with E-state index < -0.39 is 0 Å². The summed E-state index contributed by atoms with van der Waals surface area (Å²) in [4.78, 5) is 7.04. The monoisotopic (exact) mass is 418 g/mol. The van der Waals surface area contributed by atoms with Crippen LogP contribution in [0.2, 0.25) is 5.02 Å². The van der Waals surface area contributed by atoms with Gasteiger partial charge >= 0.3 is 0 Å². The van der Waals surface area contributed by atoms with Crippen molar-refractivity contribution in [3.8, 4) is 5.75 Å². The summed E-state index contributed by atoms with van der Waals surface area (Å²) in [7, 11) is 1.69. The molecule has 1 aromatic heterocycles. The Balaban J connectivity index is 1.53. The molecule has 1 aromatic carbocycles. The Bertz CT molecular complexity index is 821. The zero-order chi connectivity index (χ0) is 20.6. The summed E-state index contributed by atoms with van der Waals surface area (Å²) in [6, 6.07) is 6.07. The number of guanidine groups is 1. The van der Waals surface area contributed by atoms with Gasteiger partial charge in [0.1, 0.15) is 5.75 Å². The average molecular weight is 419 g/mol. The summed E-state index contributed by atoms with van der Waals surface area (Å²) in [5.41, 5.74) is 2.23. The molecule has 0 aliphatic carbocycles. The van der Waals surface area contributed by atoms with Crippen LogP contribution in [0.1, 0.15) is 25.3 Å². The Hall–Kier alpha value is -2.41. The molecule has 1 saturated heterocycles. The largest absolute Gasteiger partial charge is 0.495 e. The van der Waals surface area contributed by atoms with Crippen molar-refractivity contribution in [3.05, 3.63) is 41.2 Å². The van der Waals surface area contributed by atoms with Gasteiger partial charge in [-0.2, -0.15) is 5.10 Å². The maximum absolute atomic E-state index is 6.20. The molecule has 0 spiro atoms. The van der Waals surface area contributed by atoms with Crippen LogP contribution in [0.5, 0.6) is 5.75 Å². The van der Waals surface area contributed by atoms with Crippen molar-refractivity contribution >= 4 is 23.2 Å². The molecule has 1 aliphatic heterocycles. The van der Waals surface area contributed by atoms with Gasteiger partial charge in [0.05, 0.1) is 19.0 Å². The SMILES string of the molecule is CCNC(=NCCCn1cc(C)cn1)NC1CCN(c2cc(Cl)ccc2OC)C1. The quantitative estimate of drug-likeness (QED) is 0.392. The lowest BCUT2D eigenvalue weighted by atomic mass is 10.2. The van der Waals surface area contributed by atoms with Crippen LogP contribution in [0.3, 0.4) is 0 Å². The van der Waals surface area contributed by atoms with E-state index in [1.807, 2.05) is 29.1 Å². The summed E-state index contributed by atoms with van der Waals surface area (Å²) < 4.78 is 7.48. The number of hydrogen-bond acceptors (Lipinski definition) is 4. The summed E-state index contributed by atoms with van der Waals surface area (Å²) in [6.07, 6.45) is 5.93. The highest BCUT2D eigenvalue weighted by Crippen LogP contribution is 2.33. The molecule has 1 atom stereocenters. The van der Waals surface area contributed by atoms with Crippen LogP contribution in [0.15, 0.2) is 35.6 Å². The molecule has 1 aliphatic rings. The molecule has 3 rings (SSSR count). The summed E-state index contributed by atoms with van der Waals surface area (Å²) in [6.45, 7) is 8.44. The Morgan fingerprint density at radius 2 is 2.28 bits per heavy atom. The van der Waals surface area contributed by atoms with Crippen molar-refractivity contribution in [2.45, 2.75) is 39.3 Å². The first-order valence-electron chi connectivity index (χ1n) is 10.2. The highest BCUT2D eigenvalue weighted by Gasteiger charge is 2.25. The molecule has 2 heterocycles. The number of nitrogens with zero attached hydrogens (tertiary/aromatic N) is 4. The molecule has 1 unspecified atom stereocenters. The van der Waals surface area contributed by atoms with Crippen molar-refractivity contribution in [3.63, 3.8) is 0 Å². The van der Waals surface area contributed by atoms with Crippen LogP contribution >= 0.6 is 11.6 Å². The number of ether oxygens (including phenoxy) is 1. The number of hydrogen-bond donors (Lipinski definition) is 2. The standard InChI is InChI=1S/C21H31ClN6O/c1-4-23-21(24-9-5-10-28-14-16(2)13-25-28)26-18-8-11-27(15-18)19-12-17(22)6-7-20(19)29-3/h6-7,12-14,18H,4-5,8-11,15H2,1-3H3,(H2,23,24,26). The number of aryl methyl sites for hydroxylation is 2. The molecule has 2 aromatic rings. The third-order valence-electron chi connectivity index (χ3n) is 4.93. The van der Waals surface area contributed by atoms with E-state index in [2.05, 4.69) is 40.7 Å². The number of nitrogens with one attached hydrogen (secondary N) is 2. The van der Waals surface area contributed by atoms with Gasteiger partial charge in [-0.25, -0.2) is 0 Å². The Morgan fingerprint density at radius 3 is 3.00 bits per heavy atom. The fourth-order valence-corrected chi connectivity index (χ4v) is 3.70. The van der Waals surface area contributed by atoms with Crippen molar-refractivity contribution in [1.29, 1.82) is 0 Å². The molecule has 7 nitrogen and oxygen atoms in total. The molecule has 2 N–H and O–H groups in total. The van der Waals surface area contributed by atoms with Crippen LogP contribution in [0.4, 0.5) is 5.69 Å². The molecule has 29 heavy (non-hydrogen) atoms. The third-order valence-corrected chi connectivity index (χ3v) is 5.17. The zero-order valence-corrected chi connectivity index (χ0v) is 18.2. The minimum Gasteiger partial charge on any atom is -0.495 e. The van der Waals surface area contributed by atoms with E-state index in [-0.39, 0.29) is 0 Å². The van der Waals surface area contributed by atoms with Gasteiger partial charge in [-0.15, -0.1) is 0 Å². The number of aliphatic imine (C=N–C) groups is 1. The van der Waals surface area contributed by atoms with Gasteiger partial charge in [0, 0.05) is 50.0 Å². The first-order chi connectivity index (χ1) is 14.1. The molecular formula is C21H31ClN6O. The number of benzene rings is 1. The minimum atomic E-state index is 0.324. The lowest BCUT2D eigenvalue weighted by Gasteiger charge is -2.22.